The van der Waals surface area contributed by atoms with E-state index in [4.69, 9.17) is 11.6 Å². The predicted molar refractivity (Wildman–Crippen MR) is 46.3 cm³/mol. The summed E-state index contributed by atoms with van der Waals surface area (Å²) >= 11 is 0. The van der Waals surface area contributed by atoms with E-state index >= 15 is 0 Å². The van der Waals surface area contributed by atoms with E-state index in [0.717, 1.165) is 17.4 Å². The number of halogens is 3. The van der Waals surface area contributed by atoms with E-state index in [2.05, 4.69) is 0 Å². The first-order valence-corrected chi connectivity index (χ1v) is 3.63. The summed E-state index contributed by atoms with van der Waals surface area (Å²) in [4.78, 5) is 0. The van der Waals surface area contributed by atoms with Gasteiger partial charge in [-0.25, -0.2) is 19.0 Å². The summed E-state index contributed by atoms with van der Waals surface area (Å²) in [6, 6.07) is 1.06. The lowest BCUT2D eigenvalue weighted by Crippen LogP contribution is -2.25. The van der Waals surface area contributed by atoms with Crippen molar-refractivity contribution in [2.45, 2.75) is 0 Å². The second kappa shape index (κ2) is 4.01. The molecule has 0 atom stereocenters. The highest BCUT2D eigenvalue weighted by atomic mass is 19.2. The molecule has 0 amide bonds. The van der Waals surface area contributed by atoms with Gasteiger partial charge in [-0.3, -0.25) is 5.01 Å². The standard InChI is InChI=1S/C8H8F3N3/c9-5-3-7(11)8(4-6(5)10)14(13)2-1-12/h1-4H,12-13H2/b2-1-. The van der Waals surface area contributed by atoms with Crippen LogP contribution in [0.3, 0.4) is 0 Å². The molecule has 0 unspecified atom stereocenters. The Bertz CT molecular complexity index is 365. The number of nitrogens with two attached hydrogens (primary N) is 2. The maximum absolute atomic E-state index is 13.0. The first-order valence-electron chi connectivity index (χ1n) is 3.63. The van der Waals surface area contributed by atoms with Crippen LogP contribution in [-0.4, -0.2) is 0 Å². The van der Waals surface area contributed by atoms with Gasteiger partial charge in [0.15, 0.2) is 17.5 Å². The third-order valence-electron chi connectivity index (χ3n) is 1.51. The molecule has 0 saturated carbocycles. The molecule has 76 valence electrons. The molecular formula is C8H8F3N3. The van der Waals surface area contributed by atoms with Gasteiger partial charge in [0.05, 0.1) is 5.69 Å². The molecule has 14 heavy (non-hydrogen) atoms. The Labute approximate surface area is 78.4 Å². The fraction of sp³-hybridized carbons (Fsp3) is 0. The predicted octanol–water partition coefficient (Wildman–Crippen LogP) is 1.21. The van der Waals surface area contributed by atoms with Crippen LogP contribution in [0.2, 0.25) is 0 Å². The molecule has 0 aliphatic rings. The molecule has 0 aliphatic heterocycles. The lowest BCUT2D eigenvalue weighted by Gasteiger charge is -2.13. The summed E-state index contributed by atoms with van der Waals surface area (Å²) in [5.74, 6) is 1.85. The second-order valence-corrected chi connectivity index (χ2v) is 2.47. The highest BCUT2D eigenvalue weighted by Gasteiger charge is 2.11. The first-order chi connectivity index (χ1) is 6.56. The van der Waals surface area contributed by atoms with Crippen LogP contribution in [0.15, 0.2) is 24.5 Å². The van der Waals surface area contributed by atoms with Gasteiger partial charge in [0, 0.05) is 24.5 Å². The number of anilines is 1. The monoisotopic (exact) mass is 203 g/mol. The lowest BCUT2D eigenvalue weighted by molar-refractivity contribution is 0.495. The van der Waals surface area contributed by atoms with Crippen molar-refractivity contribution in [1.29, 1.82) is 0 Å². The van der Waals surface area contributed by atoms with Crippen LogP contribution >= 0.6 is 0 Å². The molecule has 4 N–H and O–H groups in total. The van der Waals surface area contributed by atoms with E-state index in [9.17, 15) is 13.2 Å². The van der Waals surface area contributed by atoms with Crippen molar-refractivity contribution in [2.75, 3.05) is 5.01 Å². The zero-order valence-electron chi connectivity index (χ0n) is 7.05. The van der Waals surface area contributed by atoms with Gasteiger partial charge in [0.25, 0.3) is 0 Å². The van der Waals surface area contributed by atoms with E-state index in [1.165, 1.54) is 0 Å². The average molecular weight is 203 g/mol. The van der Waals surface area contributed by atoms with Crippen LogP contribution in [0.4, 0.5) is 18.9 Å². The average Bonchev–Trinajstić information content (AvgIpc) is 2.11. The van der Waals surface area contributed by atoms with Crippen molar-refractivity contribution < 1.29 is 13.2 Å². The summed E-state index contributed by atoms with van der Waals surface area (Å²) in [6.07, 6.45) is 2.15. The van der Waals surface area contributed by atoms with Gasteiger partial charge in [-0.05, 0) is 0 Å². The van der Waals surface area contributed by atoms with Crippen molar-refractivity contribution in [1.82, 2.24) is 0 Å². The molecule has 3 nitrogen and oxygen atoms in total. The Morgan fingerprint density at radius 2 is 1.64 bits per heavy atom. The van der Waals surface area contributed by atoms with Gasteiger partial charge >= 0.3 is 0 Å². The number of hydrogen-bond donors (Lipinski definition) is 2. The highest BCUT2D eigenvalue weighted by molar-refractivity contribution is 5.49. The van der Waals surface area contributed by atoms with Crippen LogP contribution in [0.25, 0.3) is 0 Å². The lowest BCUT2D eigenvalue weighted by atomic mass is 10.3. The number of hydrazine groups is 1. The van der Waals surface area contributed by atoms with Gasteiger partial charge in [0.2, 0.25) is 0 Å². The van der Waals surface area contributed by atoms with Crippen molar-refractivity contribution in [3.05, 3.63) is 42.0 Å². The minimum atomic E-state index is -1.27. The molecule has 0 radical (unpaired) electrons. The molecule has 0 bridgehead atoms. The largest absolute Gasteiger partial charge is 0.403 e. The molecule has 0 aromatic heterocycles. The Kier molecular flexibility index (Phi) is 2.98. The Morgan fingerprint density at radius 3 is 2.21 bits per heavy atom. The summed E-state index contributed by atoms with van der Waals surface area (Å²) in [5, 5.41) is 0.748. The minimum Gasteiger partial charge on any atom is -0.403 e. The van der Waals surface area contributed by atoms with E-state index in [1.54, 1.807) is 0 Å². The summed E-state index contributed by atoms with van der Waals surface area (Å²) < 4.78 is 38.2. The van der Waals surface area contributed by atoms with E-state index in [-0.39, 0.29) is 5.69 Å². The topological polar surface area (TPSA) is 55.3 Å². The highest BCUT2D eigenvalue weighted by Crippen LogP contribution is 2.20. The van der Waals surface area contributed by atoms with E-state index < -0.39 is 17.5 Å². The molecule has 1 aromatic carbocycles. The zero-order chi connectivity index (χ0) is 10.7. The fourth-order valence-corrected chi connectivity index (χ4v) is 0.883. The smallest absolute Gasteiger partial charge is 0.161 e. The van der Waals surface area contributed by atoms with Crippen LogP contribution < -0.4 is 16.6 Å². The second-order valence-electron chi connectivity index (χ2n) is 2.47. The van der Waals surface area contributed by atoms with E-state index in [0.29, 0.717) is 12.1 Å². The van der Waals surface area contributed by atoms with Gasteiger partial charge in [0.1, 0.15) is 0 Å². The van der Waals surface area contributed by atoms with Crippen LogP contribution in [0.5, 0.6) is 0 Å². The number of rotatable bonds is 2. The summed E-state index contributed by atoms with van der Waals surface area (Å²) in [7, 11) is 0. The maximum atomic E-state index is 13.0. The molecule has 0 aliphatic carbocycles. The minimum absolute atomic E-state index is 0.300. The SMILES string of the molecule is N/C=C\N(N)c1cc(F)c(F)cc1F. The number of nitrogens with zero attached hydrogens (tertiary/aromatic N) is 1. The van der Waals surface area contributed by atoms with Gasteiger partial charge in [-0.2, -0.15) is 0 Å². The van der Waals surface area contributed by atoms with Gasteiger partial charge < -0.3 is 5.73 Å². The van der Waals surface area contributed by atoms with Crippen molar-refractivity contribution in [2.24, 2.45) is 11.6 Å². The van der Waals surface area contributed by atoms with Crippen LogP contribution in [0.1, 0.15) is 0 Å². The Morgan fingerprint density at radius 1 is 1.07 bits per heavy atom. The number of benzene rings is 1. The maximum Gasteiger partial charge on any atom is 0.161 e. The zero-order valence-corrected chi connectivity index (χ0v) is 7.05. The molecule has 0 fully saturated rings. The molecule has 1 aromatic rings. The molecule has 6 heteroatoms. The Balaban J connectivity index is 3.15. The molecule has 1 rings (SSSR count). The fourth-order valence-electron chi connectivity index (χ4n) is 0.883. The van der Waals surface area contributed by atoms with Crippen molar-refractivity contribution in [3.8, 4) is 0 Å². The van der Waals surface area contributed by atoms with Crippen LogP contribution in [0, 0.1) is 17.5 Å². The third-order valence-corrected chi connectivity index (χ3v) is 1.51. The van der Waals surface area contributed by atoms with Crippen molar-refractivity contribution in [3.63, 3.8) is 0 Å². The summed E-state index contributed by atoms with van der Waals surface area (Å²) in [5.41, 5.74) is 4.69. The summed E-state index contributed by atoms with van der Waals surface area (Å²) in [6.45, 7) is 0. The first kappa shape index (κ1) is 10.4. The molecule has 0 heterocycles. The van der Waals surface area contributed by atoms with E-state index in [1.807, 2.05) is 0 Å². The number of hydrogen-bond acceptors (Lipinski definition) is 3. The molecule has 0 spiro atoms. The quantitative estimate of drug-likeness (QED) is 0.431. The Hall–Kier alpha value is -1.69. The van der Waals surface area contributed by atoms with Gasteiger partial charge in [-0.1, -0.05) is 0 Å². The third kappa shape index (κ3) is 1.97. The molecule has 0 saturated heterocycles. The normalized spacial score (nSPS) is 10.9. The van der Waals surface area contributed by atoms with Crippen molar-refractivity contribution >= 4 is 5.69 Å². The molecular weight excluding hydrogens is 195 g/mol. The van der Waals surface area contributed by atoms with Crippen LogP contribution in [-0.2, 0) is 0 Å². The van der Waals surface area contributed by atoms with Gasteiger partial charge in [-0.15, -0.1) is 0 Å².